The third-order valence-corrected chi connectivity index (χ3v) is 2.44. The summed E-state index contributed by atoms with van der Waals surface area (Å²) in [5.41, 5.74) is 2.87. The SMILES string of the molecule is COCCCNC(=O)CC(=O)NN=Cc1ccc(F)cc1. The second kappa shape index (κ2) is 9.60. The number of hydrogen-bond acceptors (Lipinski definition) is 4. The second-order valence-corrected chi connectivity index (χ2v) is 4.22. The van der Waals surface area contributed by atoms with Gasteiger partial charge in [0.2, 0.25) is 11.8 Å². The largest absolute Gasteiger partial charge is 0.385 e. The van der Waals surface area contributed by atoms with Crippen LogP contribution in [0.15, 0.2) is 29.4 Å². The van der Waals surface area contributed by atoms with Crippen molar-refractivity contribution in [3.63, 3.8) is 0 Å². The summed E-state index contributed by atoms with van der Waals surface area (Å²) < 4.78 is 17.5. The number of carbonyl (C=O) groups excluding carboxylic acids is 2. The van der Waals surface area contributed by atoms with Crippen LogP contribution >= 0.6 is 0 Å². The van der Waals surface area contributed by atoms with Crippen LogP contribution in [0.5, 0.6) is 0 Å². The molecule has 1 aromatic rings. The van der Waals surface area contributed by atoms with Gasteiger partial charge in [-0.15, -0.1) is 0 Å². The molecule has 2 amide bonds. The first kappa shape index (κ1) is 16.8. The summed E-state index contributed by atoms with van der Waals surface area (Å²) in [6, 6.07) is 5.62. The Morgan fingerprint density at radius 3 is 2.67 bits per heavy atom. The number of ether oxygens (including phenoxy) is 1. The van der Waals surface area contributed by atoms with Gasteiger partial charge < -0.3 is 10.1 Å². The molecule has 0 aliphatic rings. The van der Waals surface area contributed by atoms with E-state index >= 15 is 0 Å². The molecule has 0 saturated heterocycles. The number of benzene rings is 1. The van der Waals surface area contributed by atoms with Crippen molar-refractivity contribution in [2.24, 2.45) is 5.10 Å². The Labute approximate surface area is 122 Å². The Kier molecular flexibility index (Phi) is 7.67. The van der Waals surface area contributed by atoms with E-state index < -0.39 is 5.91 Å². The molecule has 7 heteroatoms. The maximum absolute atomic E-state index is 12.7. The molecule has 114 valence electrons. The fourth-order valence-corrected chi connectivity index (χ4v) is 1.42. The minimum Gasteiger partial charge on any atom is -0.385 e. The smallest absolute Gasteiger partial charge is 0.249 e. The van der Waals surface area contributed by atoms with Gasteiger partial charge in [0.1, 0.15) is 12.2 Å². The monoisotopic (exact) mass is 295 g/mol. The van der Waals surface area contributed by atoms with Gasteiger partial charge in [-0.05, 0) is 24.1 Å². The van der Waals surface area contributed by atoms with Crippen LogP contribution in [0.4, 0.5) is 4.39 Å². The lowest BCUT2D eigenvalue weighted by atomic mass is 10.2. The van der Waals surface area contributed by atoms with Crippen LogP contribution in [-0.4, -0.2) is 38.3 Å². The van der Waals surface area contributed by atoms with Gasteiger partial charge in [-0.3, -0.25) is 9.59 Å². The Balaban J connectivity index is 2.24. The summed E-state index contributed by atoms with van der Waals surface area (Å²) in [6.07, 6.45) is 1.76. The summed E-state index contributed by atoms with van der Waals surface area (Å²) in [6.45, 7) is 1.01. The zero-order valence-electron chi connectivity index (χ0n) is 11.8. The Morgan fingerprint density at radius 1 is 1.29 bits per heavy atom. The molecule has 0 heterocycles. The van der Waals surface area contributed by atoms with Crippen molar-refractivity contribution in [3.8, 4) is 0 Å². The number of nitrogens with zero attached hydrogens (tertiary/aromatic N) is 1. The number of amides is 2. The summed E-state index contributed by atoms with van der Waals surface area (Å²) in [7, 11) is 1.58. The van der Waals surface area contributed by atoms with Crippen LogP contribution in [0.1, 0.15) is 18.4 Å². The van der Waals surface area contributed by atoms with Crippen LogP contribution in [0.3, 0.4) is 0 Å². The molecule has 0 bridgehead atoms. The molecule has 2 N–H and O–H groups in total. The van der Waals surface area contributed by atoms with Gasteiger partial charge in [-0.25, -0.2) is 9.82 Å². The number of methoxy groups -OCH3 is 1. The van der Waals surface area contributed by atoms with Gasteiger partial charge in [-0.2, -0.15) is 5.10 Å². The third kappa shape index (κ3) is 7.78. The first-order chi connectivity index (χ1) is 10.1. The van der Waals surface area contributed by atoms with E-state index in [1.807, 2.05) is 0 Å². The first-order valence-corrected chi connectivity index (χ1v) is 6.45. The molecule has 1 rings (SSSR count). The highest BCUT2D eigenvalue weighted by atomic mass is 19.1. The predicted molar refractivity (Wildman–Crippen MR) is 76.3 cm³/mol. The third-order valence-electron chi connectivity index (χ3n) is 2.44. The molecule has 0 spiro atoms. The van der Waals surface area contributed by atoms with Crippen molar-refractivity contribution in [1.29, 1.82) is 0 Å². The number of hydrogen-bond donors (Lipinski definition) is 2. The lowest BCUT2D eigenvalue weighted by Gasteiger charge is -2.03. The molecular weight excluding hydrogens is 277 g/mol. The van der Waals surface area contributed by atoms with E-state index in [9.17, 15) is 14.0 Å². The average molecular weight is 295 g/mol. The van der Waals surface area contributed by atoms with E-state index in [1.165, 1.54) is 30.5 Å². The van der Waals surface area contributed by atoms with Crippen LogP contribution < -0.4 is 10.7 Å². The van der Waals surface area contributed by atoms with E-state index in [4.69, 9.17) is 4.74 Å². The summed E-state index contributed by atoms with van der Waals surface area (Å²) in [5.74, 6) is -1.24. The number of rotatable bonds is 8. The number of carbonyl (C=O) groups is 2. The standard InChI is InChI=1S/C14H18FN3O3/c1-21-8-2-7-16-13(19)9-14(20)18-17-10-11-3-5-12(15)6-4-11/h3-6,10H,2,7-9H2,1H3,(H,16,19)(H,18,20). The molecule has 6 nitrogen and oxygen atoms in total. The van der Waals surface area contributed by atoms with Crippen molar-refractivity contribution in [2.75, 3.05) is 20.3 Å². The highest BCUT2D eigenvalue weighted by molar-refractivity contribution is 5.97. The van der Waals surface area contributed by atoms with Gasteiger partial charge in [0.15, 0.2) is 0 Å². The molecule has 0 fully saturated rings. The van der Waals surface area contributed by atoms with E-state index in [0.29, 0.717) is 25.1 Å². The van der Waals surface area contributed by atoms with E-state index in [2.05, 4.69) is 15.8 Å². The topological polar surface area (TPSA) is 79.8 Å². The minimum atomic E-state index is -0.516. The highest BCUT2D eigenvalue weighted by Crippen LogP contribution is 1.99. The first-order valence-electron chi connectivity index (χ1n) is 6.45. The van der Waals surface area contributed by atoms with Crippen LogP contribution in [0.25, 0.3) is 0 Å². The van der Waals surface area contributed by atoms with Crippen LogP contribution in [-0.2, 0) is 14.3 Å². The number of halogens is 1. The number of nitrogens with one attached hydrogen (secondary N) is 2. The van der Waals surface area contributed by atoms with Crippen LogP contribution in [0.2, 0.25) is 0 Å². The zero-order valence-corrected chi connectivity index (χ0v) is 11.8. The molecule has 0 aliphatic heterocycles. The minimum absolute atomic E-state index is 0.298. The van der Waals surface area contributed by atoms with Gasteiger partial charge in [0.25, 0.3) is 0 Å². The van der Waals surface area contributed by atoms with Gasteiger partial charge >= 0.3 is 0 Å². The van der Waals surface area contributed by atoms with Crippen molar-refractivity contribution in [3.05, 3.63) is 35.6 Å². The second-order valence-electron chi connectivity index (χ2n) is 4.22. The molecule has 21 heavy (non-hydrogen) atoms. The van der Waals surface area contributed by atoms with Gasteiger partial charge in [0.05, 0.1) is 6.21 Å². The Morgan fingerprint density at radius 2 is 2.00 bits per heavy atom. The fourth-order valence-electron chi connectivity index (χ4n) is 1.42. The molecule has 0 unspecified atom stereocenters. The molecular formula is C14H18FN3O3. The summed E-state index contributed by atoms with van der Waals surface area (Å²) >= 11 is 0. The molecule has 0 atom stereocenters. The van der Waals surface area contributed by atoms with E-state index in [1.54, 1.807) is 7.11 Å². The van der Waals surface area contributed by atoms with Crippen molar-refractivity contribution in [1.82, 2.24) is 10.7 Å². The number of hydrazone groups is 1. The Bertz CT molecular complexity index is 489. The maximum atomic E-state index is 12.7. The van der Waals surface area contributed by atoms with Crippen molar-refractivity contribution < 1.29 is 18.7 Å². The van der Waals surface area contributed by atoms with Crippen molar-refractivity contribution >= 4 is 18.0 Å². The van der Waals surface area contributed by atoms with E-state index in [0.717, 1.165) is 0 Å². The van der Waals surface area contributed by atoms with Crippen molar-refractivity contribution in [2.45, 2.75) is 12.8 Å². The molecule has 0 radical (unpaired) electrons. The molecule has 1 aromatic carbocycles. The lowest BCUT2D eigenvalue weighted by Crippen LogP contribution is -2.30. The Hall–Kier alpha value is -2.28. The fraction of sp³-hybridized carbons (Fsp3) is 0.357. The van der Waals surface area contributed by atoms with E-state index in [-0.39, 0.29) is 18.1 Å². The quantitative estimate of drug-likeness (QED) is 0.322. The molecule has 0 aromatic heterocycles. The average Bonchev–Trinajstić information content (AvgIpc) is 2.46. The summed E-state index contributed by atoms with van der Waals surface area (Å²) in [5, 5.41) is 6.28. The van der Waals surface area contributed by atoms with Gasteiger partial charge in [0, 0.05) is 20.3 Å². The highest BCUT2D eigenvalue weighted by Gasteiger charge is 2.07. The molecule has 0 aliphatic carbocycles. The normalized spacial score (nSPS) is 10.6. The van der Waals surface area contributed by atoms with Crippen LogP contribution in [0, 0.1) is 5.82 Å². The maximum Gasteiger partial charge on any atom is 0.249 e. The van der Waals surface area contributed by atoms with Gasteiger partial charge in [-0.1, -0.05) is 12.1 Å². The summed E-state index contributed by atoms with van der Waals surface area (Å²) in [4.78, 5) is 22.8. The lowest BCUT2D eigenvalue weighted by molar-refractivity contribution is -0.129. The predicted octanol–water partition coefficient (Wildman–Crippen LogP) is 0.819. The zero-order chi connectivity index (χ0) is 15.5. The molecule has 0 saturated carbocycles.